The first-order valence-electron chi connectivity index (χ1n) is 13.9. The van der Waals surface area contributed by atoms with Gasteiger partial charge in [-0.25, -0.2) is 0 Å². The summed E-state index contributed by atoms with van der Waals surface area (Å²) in [6.07, 6.45) is 5.03. The van der Waals surface area contributed by atoms with E-state index < -0.39 is 11.6 Å². The molecule has 1 fully saturated rings. The van der Waals surface area contributed by atoms with Crippen molar-refractivity contribution in [3.8, 4) is 0 Å². The fourth-order valence-electron chi connectivity index (χ4n) is 5.95. The zero-order valence-corrected chi connectivity index (χ0v) is 26.7. The molecule has 1 heterocycles. The van der Waals surface area contributed by atoms with Crippen LogP contribution in [0.4, 0.5) is 0 Å². The van der Waals surface area contributed by atoms with E-state index >= 15 is 0 Å². The number of hydrogen-bond donors (Lipinski definition) is 1. The van der Waals surface area contributed by atoms with Crippen molar-refractivity contribution in [1.82, 2.24) is 10.2 Å². The first kappa shape index (κ1) is 32.3. The van der Waals surface area contributed by atoms with Crippen LogP contribution in [0.2, 0.25) is 5.02 Å². The summed E-state index contributed by atoms with van der Waals surface area (Å²) >= 11 is 6.29. The number of carboxylic acids is 1. The average molecular weight is 574 g/mol. The van der Waals surface area contributed by atoms with E-state index in [1.165, 1.54) is 0 Å². The fourth-order valence-corrected chi connectivity index (χ4v) is 6.14. The summed E-state index contributed by atoms with van der Waals surface area (Å²) < 4.78 is 0. The van der Waals surface area contributed by atoms with E-state index in [-0.39, 0.29) is 60.4 Å². The van der Waals surface area contributed by atoms with Crippen LogP contribution in [0.25, 0.3) is 0 Å². The van der Waals surface area contributed by atoms with Crippen molar-refractivity contribution in [1.29, 1.82) is 0 Å². The van der Waals surface area contributed by atoms with Gasteiger partial charge in [-0.05, 0) is 73.8 Å². The molecule has 0 unspecified atom stereocenters. The van der Waals surface area contributed by atoms with Crippen molar-refractivity contribution in [3.63, 3.8) is 0 Å². The van der Waals surface area contributed by atoms with E-state index in [0.717, 1.165) is 49.7 Å². The number of aliphatic carboxylic acids is 1. The predicted molar refractivity (Wildman–Crippen MR) is 150 cm³/mol. The van der Waals surface area contributed by atoms with Gasteiger partial charge in [0, 0.05) is 35.1 Å². The third-order valence-electron chi connectivity index (χ3n) is 8.11. The molecule has 208 valence electrons. The van der Waals surface area contributed by atoms with Crippen LogP contribution in [0.15, 0.2) is 53.5 Å². The van der Waals surface area contributed by atoms with Gasteiger partial charge < -0.3 is 20.1 Å². The van der Waals surface area contributed by atoms with E-state index in [2.05, 4.69) is 26.1 Å². The SMILES string of the molecule is CCC[C@H](c1ccc(C(=O)NCCC(=O)[O-])cc1)N1C(=O)C(c2cccc(Cl)c2)=NC12CCC(C(C)C)CC2.[Na+]. The molecule has 1 aliphatic carbocycles. The molecule has 0 saturated heterocycles. The van der Waals surface area contributed by atoms with Crippen molar-refractivity contribution < 1.29 is 49.0 Å². The molecule has 0 radical (unpaired) electrons. The summed E-state index contributed by atoms with van der Waals surface area (Å²) in [7, 11) is 0. The van der Waals surface area contributed by atoms with Crippen molar-refractivity contribution in [2.24, 2.45) is 16.8 Å². The topological polar surface area (TPSA) is 102 Å². The molecule has 4 rings (SSSR count). The minimum atomic E-state index is -1.21. The second-order valence-electron chi connectivity index (χ2n) is 11.0. The Morgan fingerprint density at radius 3 is 2.40 bits per heavy atom. The van der Waals surface area contributed by atoms with Crippen LogP contribution in [-0.4, -0.2) is 40.6 Å². The third kappa shape index (κ3) is 7.17. The Balaban J connectivity index is 0.00000441. The molecular weight excluding hydrogens is 537 g/mol. The van der Waals surface area contributed by atoms with Gasteiger partial charge in [-0.15, -0.1) is 0 Å². The fraction of sp³-hybridized carbons (Fsp3) is 0.484. The van der Waals surface area contributed by atoms with Crippen molar-refractivity contribution in [3.05, 3.63) is 70.2 Å². The monoisotopic (exact) mass is 573 g/mol. The molecule has 2 aromatic carbocycles. The van der Waals surface area contributed by atoms with E-state index in [9.17, 15) is 19.5 Å². The van der Waals surface area contributed by atoms with Gasteiger partial charge in [-0.3, -0.25) is 14.6 Å². The van der Waals surface area contributed by atoms with E-state index in [1.54, 1.807) is 24.3 Å². The number of carbonyl (C=O) groups excluding carboxylic acids is 3. The number of aliphatic imine (C=N–C) groups is 1. The summed E-state index contributed by atoms with van der Waals surface area (Å²) in [4.78, 5) is 44.5. The Morgan fingerprint density at radius 1 is 1.15 bits per heavy atom. The Labute approximate surface area is 264 Å². The van der Waals surface area contributed by atoms with Crippen molar-refractivity contribution in [2.75, 3.05) is 6.54 Å². The molecule has 9 heteroatoms. The first-order valence-corrected chi connectivity index (χ1v) is 14.3. The summed E-state index contributed by atoms with van der Waals surface area (Å²) in [5.74, 6) is -0.442. The van der Waals surface area contributed by atoms with Crippen molar-refractivity contribution in [2.45, 2.75) is 77.4 Å². The van der Waals surface area contributed by atoms with Crippen LogP contribution in [-0.2, 0) is 9.59 Å². The molecule has 2 amide bonds. The van der Waals surface area contributed by atoms with E-state index in [4.69, 9.17) is 16.6 Å². The van der Waals surface area contributed by atoms with Gasteiger partial charge in [0.25, 0.3) is 11.8 Å². The zero-order chi connectivity index (χ0) is 28.2. The minimum absolute atomic E-state index is 0. The van der Waals surface area contributed by atoms with Crippen LogP contribution < -0.4 is 40.0 Å². The molecule has 1 N–H and O–H groups in total. The summed E-state index contributed by atoms with van der Waals surface area (Å²) in [5, 5.41) is 13.8. The second-order valence-corrected chi connectivity index (χ2v) is 11.5. The number of nitrogens with zero attached hydrogens (tertiary/aromatic N) is 2. The van der Waals surface area contributed by atoms with Gasteiger partial charge in [0.2, 0.25) is 0 Å². The largest absolute Gasteiger partial charge is 1.00 e. The molecule has 2 aromatic rings. The van der Waals surface area contributed by atoms with Crippen LogP contribution in [0.5, 0.6) is 0 Å². The van der Waals surface area contributed by atoms with Crippen molar-refractivity contribution >= 4 is 35.1 Å². The molecule has 1 saturated carbocycles. The van der Waals surface area contributed by atoms with Gasteiger partial charge >= 0.3 is 29.6 Å². The number of nitrogens with one attached hydrogen (secondary N) is 1. The van der Waals surface area contributed by atoms with Gasteiger partial charge in [0.15, 0.2) is 0 Å². The number of carbonyl (C=O) groups is 3. The standard InChI is InChI=1S/C31H38ClN3O4.Na/c1-4-6-26(22-9-11-23(12-10-22)29(38)33-18-15-27(36)37)35-30(39)28(24-7-5-8-25(32)19-24)34-31(35)16-13-21(14-17-31)20(2)3;/h5,7-12,19-21,26H,4,6,13-18H2,1-3H3,(H,33,38)(H,36,37);/q;+1/p-1/t21?,26-,31?;/m1./s1. The number of hydrogen-bond acceptors (Lipinski definition) is 5. The maximum Gasteiger partial charge on any atom is 1.00 e. The molecule has 0 aromatic heterocycles. The molecule has 0 bridgehead atoms. The Kier molecular flexibility index (Phi) is 11.4. The van der Waals surface area contributed by atoms with Crippen LogP contribution in [0.1, 0.15) is 93.2 Å². The zero-order valence-electron chi connectivity index (χ0n) is 23.9. The number of amides is 2. The van der Waals surface area contributed by atoms with Gasteiger partial charge in [-0.1, -0.05) is 63.1 Å². The van der Waals surface area contributed by atoms with Crippen LogP contribution >= 0.6 is 11.6 Å². The van der Waals surface area contributed by atoms with Gasteiger partial charge in [0.05, 0.1) is 6.04 Å². The Hall–Kier alpha value is -2.19. The minimum Gasteiger partial charge on any atom is -0.550 e. The second kappa shape index (κ2) is 14.1. The van der Waals surface area contributed by atoms with Crippen LogP contribution in [0.3, 0.4) is 0 Å². The first-order chi connectivity index (χ1) is 18.6. The van der Waals surface area contributed by atoms with Gasteiger partial charge in [-0.2, -0.15) is 0 Å². The number of carboxylic acid groups (broad SMARTS) is 1. The molecule has 40 heavy (non-hydrogen) atoms. The van der Waals surface area contributed by atoms with Crippen LogP contribution in [0, 0.1) is 11.8 Å². The summed E-state index contributed by atoms with van der Waals surface area (Å²) in [6, 6.07) is 14.4. The smallest absolute Gasteiger partial charge is 0.550 e. The molecule has 1 aliphatic heterocycles. The number of halogens is 1. The van der Waals surface area contributed by atoms with E-state index in [0.29, 0.717) is 28.1 Å². The molecular formula is C31H37ClN3NaO4. The normalized spacial score (nSPS) is 21.2. The molecule has 1 spiro atoms. The number of benzene rings is 2. The quantitative estimate of drug-likeness (QED) is 0.439. The third-order valence-corrected chi connectivity index (χ3v) is 8.34. The maximum absolute atomic E-state index is 14.2. The molecule has 2 aliphatic rings. The van der Waals surface area contributed by atoms with E-state index in [1.807, 2.05) is 29.2 Å². The van der Waals surface area contributed by atoms with Gasteiger partial charge in [0.1, 0.15) is 11.4 Å². The summed E-state index contributed by atoms with van der Waals surface area (Å²) in [5.41, 5.74) is 1.97. The maximum atomic E-state index is 14.2. The number of rotatable bonds is 10. The Morgan fingerprint density at radius 2 is 1.82 bits per heavy atom. The Bertz CT molecular complexity index is 1240. The predicted octanol–water partition coefficient (Wildman–Crippen LogP) is 1.93. The average Bonchev–Trinajstić information content (AvgIpc) is 3.18. The molecule has 1 atom stereocenters. The summed E-state index contributed by atoms with van der Waals surface area (Å²) in [6.45, 7) is 6.63. The molecule has 7 nitrogen and oxygen atoms in total.